The zero-order chi connectivity index (χ0) is 16.9. The number of thiazole rings is 1. The molecule has 124 valence electrons. The van der Waals surface area contributed by atoms with E-state index in [1.807, 2.05) is 0 Å². The number of carbonyl (C=O) groups excluding carboxylic acids is 1. The van der Waals surface area contributed by atoms with Gasteiger partial charge in [0, 0.05) is 17.5 Å². The standard InChI is InChI=1S/C15H16F3N3OS/c16-15(17,18)10-3-1-4-11(7-10)20-13(22)8-12-9-23-14(21-12)5-2-6-19/h1,3-4,7,9H,2,5-6,8,19H2,(H,20,22). The average molecular weight is 343 g/mol. The number of halogens is 3. The number of nitrogens with one attached hydrogen (secondary N) is 1. The van der Waals surface area contributed by atoms with Crippen LogP contribution in [0.2, 0.25) is 0 Å². The van der Waals surface area contributed by atoms with Crippen molar-refractivity contribution in [2.45, 2.75) is 25.4 Å². The zero-order valence-corrected chi connectivity index (χ0v) is 13.0. The van der Waals surface area contributed by atoms with E-state index in [1.165, 1.54) is 23.5 Å². The predicted octanol–water partition coefficient (Wildman–Crippen LogP) is 3.23. The van der Waals surface area contributed by atoms with Crippen LogP contribution in [-0.2, 0) is 23.8 Å². The summed E-state index contributed by atoms with van der Waals surface area (Å²) in [5, 5.41) is 5.14. The minimum atomic E-state index is -4.44. The molecule has 0 saturated heterocycles. The number of alkyl halides is 3. The Labute approximate surface area is 135 Å². The highest BCUT2D eigenvalue weighted by Crippen LogP contribution is 2.30. The monoisotopic (exact) mass is 343 g/mol. The first kappa shape index (κ1) is 17.4. The van der Waals surface area contributed by atoms with E-state index in [1.54, 1.807) is 5.38 Å². The SMILES string of the molecule is NCCCc1nc(CC(=O)Nc2cccc(C(F)(F)F)c2)cs1. The molecule has 0 saturated carbocycles. The normalized spacial score (nSPS) is 11.5. The van der Waals surface area contributed by atoms with Gasteiger partial charge >= 0.3 is 6.18 Å². The van der Waals surface area contributed by atoms with Gasteiger partial charge < -0.3 is 11.1 Å². The number of benzene rings is 1. The molecule has 0 aliphatic heterocycles. The fourth-order valence-corrected chi connectivity index (χ4v) is 2.78. The summed E-state index contributed by atoms with van der Waals surface area (Å²) < 4.78 is 37.9. The first-order valence-electron chi connectivity index (χ1n) is 6.99. The van der Waals surface area contributed by atoms with Crippen LogP contribution in [0.1, 0.15) is 22.7 Å². The van der Waals surface area contributed by atoms with Gasteiger partial charge in [-0.15, -0.1) is 11.3 Å². The molecule has 1 heterocycles. The lowest BCUT2D eigenvalue weighted by molar-refractivity contribution is -0.137. The first-order valence-corrected chi connectivity index (χ1v) is 7.87. The largest absolute Gasteiger partial charge is 0.416 e. The summed E-state index contributed by atoms with van der Waals surface area (Å²) in [6, 6.07) is 4.54. The highest BCUT2D eigenvalue weighted by Gasteiger charge is 2.30. The average Bonchev–Trinajstić information content (AvgIpc) is 2.91. The third-order valence-corrected chi connectivity index (χ3v) is 3.97. The molecule has 0 unspecified atom stereocenters. The van der Waals surface area contributed by atoms with Crippen molar-refractivity contribution in [1.29, 1.82) is 0 Å². The van der Waals surface area contributed by atoms with Crippen LogP contribution in [0.15, 0.2) is 29.6 Å². The number of aromatic nitrogens is 1. The van der Waals surface area contributed by atoms with Gasteiger partial charge in [0.2, 0.25) is 5.91 Å². The lowest BCUT2D eigenvalue weighted by atomic mass is 10.2. The fourth-order valence-electron chi connectivity index (χ4n) is 1.94. The predicted molar refractivity (Wildman–Crippen MR) is 83.3 cm³/mol. The van der Waals surface area contributed by atoms with Crippen LogP contribution in [0.5, 0.6) is 0 Å². The number of rotatable bonds is 6. The summed E-state index contributed by atoms with van der Waals surface area (Å²) in [5.74, 6) is -0.403. The maximum absolute atomic E-state index is 12.6. The Morgan fingerprint density at radius 1 is 1.35 bits per heavy atom. The van der Waals surface area contributed by atoms with Gasteiger partial charge in [-0.3, -0.25) is 4.79 Å². The number of nitrogens with two attached hydrogens (primary N) is 1. The maximum Gasteiger partial charge on any atom is 0.416 e. The Balaban J connectivity index is 1.96. The zero-order valence-electron chi connectivity index (χ0n) is 12.2. The molecule has 0 bridgehead atoms. The van der Waals surface area contributed by atoms with Gasteiger partial charge in [-0.25, -0.2) is 4.98 Å². The molecule has 0 spiro atoms. The summed E-state index contributed by atoms with van der Waals surface area (Å²) >= 11 is 1.45. The molecule has 2 rings (SSSR count). The Bertz CT molecular complexity index is 670. The van der Waals surface area contributed by atoms with Gasteiger partial charge in [-0.2, -0.15) is 13.2 Å². The van der Waals surface area contributed by atoms with Crippen LogP contribution in [0, 0.1) is 0 Å². The van der Waals surface area contributed by atoms with Crippen molar-refractivity contribution in [3.63, 3.8) is 0 Å². The summed E-state index contributed by atoms with van der Waals surface area (Å²) in [5.41, 5.74) is 5.34. The second-order valence-electron chi connectivity index (χ2n) is 4.93. The Morgan fingerprint density at radius 3 is 2.83 bits per heavy atom. The molecule has 4 nitrogen and oxygen atoms in total. The van der Waals surface area contributed by atoms with E-state index < -0.39 is 17.6 Å². The van der Waals surface area contributed by atoms with Crippen molar-refractivity contribution in [3.8, 4) is 0 Å². The summed E-state index contributed by atoms with van der Waals surface area (Å²) in [4.78, 5) is 16.2. The second kappa shape index (κ2) is 7.56. The first-order chi connectivity index (χ1) is 10.9. The third kappa shape index (κ3) is 5.33. The number of aryl methyl sites for hydroxylation is 1. The van der Waals surface area contributed by atoms with E-state index in [0.29, 0.717) is 12.2 Å². The molecular weight excluding hydrogens is 327 g/mol. The lowest BCUT2D eigenvalue weighted by Crippen LogP contribution is -2.15. The molecule has 3 N–H and O–H groups in total. The van der Waals surface area contributed by atoms with Crippen LogP contribution in [0.25, 0.3) is 0 Å². The Hall–Kier alpha value is -1.93. The van der Waals surface area contributed by atoms with E-state index in [4.69, 9.17) is 5.73 Å². The molecular formula is C15H16F3N3OS. The topological polar surface area (TPSA) is 68.0 Å². The number of hydrogen-bond acceptors (Lipinski definition) is 4. The number of anilines is 1. The van der Waals surface area contributed by atoms with Crippen LogP contribution < -0.4 is 11.1 Å². The minimum Gasteiger partial charge on any atom is -0.330 e. The van der Waals surface area contributed by atoms with E-state index in [0.717, 1.165) is 30.0 Å². The van der Waals surface area contributed by atoms with E-state index in [-0.39, 0.29) is 12.1 Å². The van der Waals surface area contributed by atoms with Crippen molar-refractivity contribution in [1.82, 2.24) is 4.98 Å². The second-order valence-corrected chi connectivity index (χ2v) is 5.87. The molecule has 0 aliphatic rings. The van der Waals surface area contributed by atoms with Crippen molar-refractivity contribution in [3.05, 3.63) is 45.9 Å². The number of amides is 1. The summed E-state index contributed by atoms with van der Waals surface area (Å²) in [7, 11) is 0. The van der Waals surface area contributed by atoms with Gasteiger partial charge in [0.1, 0.15) is 0 Å². The molecule has 0 fully saturated rings. The van der Waals surface area contributed by atoms with Crippen LogP contribution in [0.3, 0.4) is 0 Å². The van der Waals surface area contributed by atoms with Crippen LogP contribution in [0.4, 0.5) is 18.9 Å². The summed E-state index contributed by atoms with van der Waals surface area (Å²) in [6.07, 6.45) is -2.83. The highest BCUT2D eigenvalue weighted by atomic mass is 32.1. The Kier molecular flexibility index (Phi) is 5.73. The number of carbonyl (C=O) groups is 1. The quantitative estimate of drug-likeness (QED) is 0.846. The lowest BCUT2D eigenvalue weighted by Gasteiger charge is -2.09. The van der Waals surface area contributed by atoms with Crippen molar-refractivity contribution in [2.75, 3.05) is 11.9 Å². The van der Waals surface area contributed by atoms with Gasteiger partial charge in [-0.1, -0.05) is 6.07 Å². The fraction of sp³-hybridized carbons (Fsp3) is 0.333. The molecule has 23 heavy (non-hydrogen) atoms. The molecule has 2 aromatic rings. The third-order valence-electron chi connectivity index (χ3n) is 3.01. The van der Waals surface area contributed by atoms with Gasteiger partial charge in [0.05, 0.1) is 22.7 Å². The molecule has 0 aliphatic carbocycles. The van der Waals surface area contributed by atoms with E-state index >= 15 is 0 Å². The van der Waals surface area contributed by atoms with Crippen molar-refractivity contribution in [2.24, 2.45) is 5.73 Å². The van der Waals surface area contributed by atoms with Crippen molar-refractivity contribution < 1.29 is 18.0 Å². The molecule has 1 amide bonds. The number of hydrogen-bond donors (Lipinski definition) is 2. The molecule has 8 heteroatoms. The van der Waals surface area contributed by atoms with E-state index in [2.05, 4.69) is 10.3 Å². The molecule has 0 atom stereocenters. The molecule has 0 radical (unpaired) electrons. The van der Waals surface area contributed by atoms with Gasteiger partial charge in [-0.05, 0) is 31.2 Å². The number of nitrogens with zero attached hydrogens (tertiary/aromatic N) is 1. The highest BCUT2D eigenvalue weighted by molar-refractivity contribution is 7.09. The van der Waals surface area contributed by atoms with Gasteiger partial charge in [0.25, 0.3) is 0 Å². The maximum atomic E-state index is 12.6. The van der Waals surface area contributed by atoms with Crippen LogP contribution >= 0.6 is 11.3 Å². The minimum absolute atomic E-state index is 0.0232. The van der Waals surface area contributed by atoms with Crippen LogP contribution in [-0.4, -0.2) is 17.4 Å². The summed E-state index contributed by atoms with van der Waals surface area (Å²) in [6.45, 7) is 0.574. The molecule has 1 aromatic heterocycles. The van der Waals surface area contributed by atoms with Gasteiger partial charge in [0.15, 0.2) is 0 Å². The molecule has 1 aromatic carbocycles. The smallest absolute Gasteiger partial charge is 0.330 e. The van der Waals surface area contributed by atoms with Crippen molar-refractivity contribution >= 4 is 22.9 Å². The Morgan fingerprint density at radius 2 is 2.13 bits per heavy atom. The van der Waals surface area contributed by atoms with E-state index in [9.17, 15) is 18.0 Å².